The molecule has 1 atom stereocenters. The molecule has 1 unspecified atom stereocenters. The number of nitrogens with two attached hydrogens (primary N) is 1. The molecule has 2 aromatic heterocycles. The van der Waals surface area contributed by atoms with Crippen molar-refractivity contribution < 1.29 is 0 Å². The Morgan fingerprint density at radius 3 is 2.69 bits per heavy atom. The molecular formula is C11H15N5. The molecule has 16 heavy (non-hydrogen) atoms. The third-order valence-corrected chi connectivity index (χ3v) is 2.46. The van der Waals surface area contributed by atoms with Crippen LogP contribution in [0.2, 0.25) is 0 Å². The summed E-state index contributed by atoms with van der Waals surface area (Å²) >= 11 is 0. The van der Waals surface area contributed by atoms with Crippen LogP contribution in [0.25, 0.3) is 0 Å². The number of rotatable bonds is 3. The summed E-state index contributed by atoms with van der Waals surface area (Å²) in [7, 11) is 1.88. The Labute approximate surface area is 94.3 Å². The van der Waals surface area contributed by atoms with E-state index >= 15 is 0 Å². The van der Waals surface area contributed by atoms with Crippen molar-refractivity contribution in [3.63, 3.8) is 0 Å². The molecule has 2 rings (SSSR count). The average molecular weight is 217 g/mol. The molecule has 0 spiro atoms. The molecule has 0 aliphatic rings. The average Bonchev–Trinajstić information content (AvgIpc) is 2.69. The fraction of sp³-hybridized carbons (Fsp3) is 0.273. The van der Waals surface area contributed by atoms with Crippen molar-refractivity contribution in [3.8, 4) is 0 Å². The maximum Gasteiger partial charge on any atom is 0.0914 e. The molecule has 2 heterocycles. The van der Waals surface area contributed by atoms with Crippen molar-refractivity contribution in [1.29, 1.82) is 0 Å². The topological polar surface area (TPSA) is 68.8 Å². The van der Waals surface area contributed by atoms with Crippen molar-refractivity contribution in [2.75, 3.05) is 0 Å². The Bertz CT molecular complexity index is 459. The molecule has 84 valence electrons. The maximum atomic E-state index is 5.56. The third-order valence-electron chi connectivity index (χ3n) is 2.46. The van der Waals surface area contributed by atoms with Crippen molar-refractivity contribution in [1.82, 2.24) is 20.2 Å². The molecule has 2 aromatic rings. The monoisotopic (exact) mass is 217 g/mol. The summed E-state index contributed by atoms with van der Waals surface area (Å²) in [5, 5.41) is 4.33. The third kappa shape index (κ3) is 2.10. The number of nitrogens with zero attached hydrogens (tertiary/aromatic N) is 3. The van der Waals surface area contributed by atoms with E-state index in [-0.39, 0.29) is 6.04 Å². The second kappa shape index (κ2) is 4.42. The van der Waals surface area contributed by atoms with Gasteiger partial charge in [-0.2, -0.15) is 5.10 Å². The number of aromatic nitrogens is 3. The number of hydrogen-bond donors (Lipinski definition) is 2. The number of pyridine rings is 1. The van der Waals surface area contributed by atoms with Gasteiger partial charge in [-0.25, -0.2) is 5.43 Å². The van der Waals surface area contributed by atoms with Crippen LogP contribution in [0.4, 0.5) is 0 Å². The summed E-state index contributed by atoms with van der Waals surface area (Å²) in [5.74, 6) is 5.56. The van der Waals surface area contributed by atoms with Gasteiger partial charge < -0.3 is 0 Å². The van der Waals surface area contributed by atoms with Crippen LogP contribution in [-0.2, 0) is 7.05 Å². The Morgan fingerprint density at radius 2 is 2.19 bits per heavy atom. The highest BCUT2D eigenvalue weighted by Gasteiger charge is 2.14. The van der Waals surface area contributed by atoms with Gasteiger partial charge in [-0.1, -0.05) is 6.07 Å². The van der Waals surface area contributed by atoms with Crippen molar-refractivity contribution in [2.24, 2.45) is 12.9 Å². The first-order valence-corrected chi connectivity index (χ1v) is 5.09. The Morgan fingerprint density at radius 1 is 1.38 bits per heavy atom. The zero-order chi connectivity index (χ0) is 11.5. The van der Waals surface area contributed by atoms with E-state index in [2.05, 4.69) is 15.5 Å². The molecule has 0 saturated heterocycles. The van der Waals surface area contributed by atoms with E-state index in [1.54, 1.807) is 4.68 Å². The van der Waals surface area contributed by atoms with Crippen LogP contribution in [-0.4, -0.2) is 14.8 Å². The minimum atomic E-state index is -0.116. The predicted octanol–water partition coefficient (Wildman–Crippen LogP) is 0.676. The lowest BCUT2D eigenvalue weighted by Crippen LogP contribution is -2.29. The van der Waals surface area contributed by atoms with Gasteiger partial charge in [0.15, 0.2) is 0 Å². The predicted molar refractivity (Wildman–Crippen MR) is 61.3 cm³/mol. The van der Waals surface area contributed by atoms with Gasteiger partial charge >= 0.3 is 0 Å². The van der Waals surface area contributed by atoms with E-state index in [4.69, 9.17) is 5.84 Å². The van der Waals surface area contributed by atoms with E-state index in [0.717, 1.165) is 17.0 Å². The van der Waals surface area contributed by atoms with Gasteiger partial charge in [0.25, 0.3) is 0 Å². The van der Waals surface area contributed by atoms with Crippen LogP contribution in [0.5, 0.6) is 0 Å². The molecule has 0 aliphatic heterocycles. The van der Waals surface area contributed by atoms with E-state index in [1.165, 1.54) is 0 Å². The maximum absolute atomic E-state index is 5.56. The fourth-order valence-corrected chi connectivity index (χ4v) is 1.59. The minimum Gasteiger partial charge on any atom is -0.275 e. The Kier molecular flexibility index (Phi) is 2.98. The molecule has 5 nitrogen and oxygen atoms in total. The van der Waals surface area contributed by atoms with Crippen LogP contribution < -0.4 is 11.3 Å². The summed E-state index contributed by atoms with van der Waals surface area (Å²) in [5.41, 5.74) is 5.63. The van der Waals surface area contributed by atoms with Crippen LogP contribution in [0.3, 0.4) is 0 Å². The minimum absolute atomic E-state index is 0.116. The van der Waals surface area contributed by atoms with Crippen molar-refractivity contribution in [2.45, 2.75) is 13.0 Å². The summed E-state index contributed by atoms with van der Waals surface area (Å²) in [4.78, 5) is 4.25. The highest BCUT2D eigenvalue weighted by atomic mass is 15.3. The molecule has 0 aromatic carbocycles. The largest absolute Gasteiger partial charge is 0.275 e. The number of aryl methyl sites for hydroxylation is 2. The van der Waals surface area contributed by atoms with Gasteiger partial charge in [0.1, 0.15) is 0 Å². The molecule has 0 fully saturated rings. The summed E-state index contributed by atoms with van der Waals surface area (Å²) < 4.78 is 1.75. The zero-order valence-electron chi connectivity index (χ0n) is 9.38. The van der Waals surface area contributed by atoms with Crippen LogP contribution in [0.15, 0.2) is 30.6 Å². The lowest BCUT2D eigenvalue weighted by molar-refractivity contribution is 0.601. The molecule has 0 amide bonds. The first-order chi connectivity index (χ1) is 7.70. The second-order valence-electron chi connectivity index (χ2n) is 3.75. The van der Waals surface area contributed by atoms with Crippen LogP contribution >= 0.6 is 0 Å². The van der Waals surface area contributed by atoms with Gasteiger partial charge in [0.2, 0.25) is 0 Å². The van der Waals surface area contributed by atoms with E-state index in [1.807, 2.05) is 44.6 Å². The van der Waals surface area contributed by atoms with Crippen LogP contribution in [0.1, 0.15) is 23.0 Å². The number of hydrazine groups is 1. The molecule has 0 radical (unpaired) electrons. The van der Waals surface area contributed by atoms with Crippen LogP contribution in [0, 0.1) is 6.92 Å². The molecular weight excluding hydrogens is 202 g/mol. The van der Waals surface area contributed by atoms with Gasteiger partial charge in [-0.05, 0) is 24.6 Å². The summed E-state index contributed by atoms with van der Waals surface area (Å²) in [6.45, 7) is 1.95. The molecule has 0 aliphatic carbocycles. The van der Waals surface area contributed by atoms with E-state index < -0.39 is 0 Å². The molecule has 0 bridgehead atoms. The lowest BCUT2D eigenvalue weighted by atomic mass is 10.1. The summed E-state index contributed by atoms with van der Waals surface area (Å²) in [6.07, 6.45) is 3.70. The molecule has 3 N–H and O–H groups in total. The van der Waals surface area contributed by atoms with Crippen molar-refractivity contribution >= 4 is 0 Å². The normalized spacial score (nSPS) is 12.7. The first-order valence-electron chi connectivity index (χ1n) is 5.09. The quantitative estimate of drug-likeness (QED) is 0.586. The zero-order valence-corrected chi connectivity index (χ0v) is 9.38. The van der Waals surface area contributed by atoms with Gasteiger partial charge in [0, 0.05) is 25.1 Å². The molecule has 5 heteroatoms. The standard InChI is InChI=1S/C11H15N5/c1-8-3-4-9(7-13-8)11(14-12)10-5-6-16(2)15-10/h3-7,11,14H,12H2,1-2H3. The van der Waals surface area contributed by atoms with Gasteiger partial charge in [-0.3, -0.25) is 15.5 Å². The SMILES string of the molecule is Cc1ccc(C(NN)c2ccn(C)n2)cn1. The number of hydrogen-bond acceptors (Lipinski definition) is 4. The lowest BCUT2D eigenvalue weighted by Gasteiger charge is -2.13. The highest BCUT2D eigenvalue weighted by Crippen LogP contribution is 2.18. The second-order valence-corrected chi connectivity index (χ2v) is 3.75. The smallest absolute Gasteiger partial charge is 0.0914 e. The van der Waals surface area contributed by atoms with E-state index in [0.29, 0.717) is 0 Å². The summed E-state index contributed by atoms with van der Waals surface area (Å²) in [6, 6.07) is 5.78. The highest BCUT2D eigenvalue weighted by molar-refractivity contribution is 5.25. The molecule has 0 saturated carbocycles. The Balaban J connectivity index is 2.32. The number of nitrogens with one attached hydrogen (secondary N) is 1. The van der Waals surface area contributed by atoms with Crippen molar-refractivity contribution in [3.05, 3.63) is 47.5 Å². The Hall–Kier alpha value is -1.72. The van der Waals surface area contributed by atoms with Gasteiger partial charge in [0.05, 0.1) is 11.7 Å². The first kappa shape index (κ1) is 10.8. The van der Waals surface area contributed by atoms with Gasteiger partial charge in [-0.15, -0.1) is 0 Å². The van der Waals surface area contributed by atoms with E-state index in [9.17, 15) is 0 Å². The fourth-order valence-electron chi connectivity index (χ4n) is 1.59.